The summed E-state index contributed by atoms with van der Waals surface area (Å²) in [7, 11) is 5.30. The summed E-state index contributed by atoms with van der Waals surface area (Å²) in [6, 6.07) is 6.90. The quantitative estimate of drug-likeness (QED) is 0.684. The summed E-state index contributed by atoms with van der Waals surface area (Å²) in [5.41, 5.74) is 3.66. The Bertz CT molecular complexity index is 829. The Balaban J connectivity index is 1.96. The third-order valence-corrected chi connectivity index (χ3v) is 4.77. The zero-order valence-electron chi connectivity index (χ0n) is 17.0. The van der Waals surface area contributed by atoms with E-state index in [4.69, 9.17) is 4.74 Å². The van der Waals surface area contributed by atoms with Gasteiger partial charge in [0.15, 0.2) is 0 Å². The van der Waals surface area contributed by atoms with Crippen LogP contribution in [-0.2, 0) is 23.2 Å². The molecule has 0 spiro atoms. The molecule has 0 aliphatic carbocycles. The average molecular weight is 388 g/mol. The summed E-state index contributed by atoms with van der Waals surface area (Å²) in [5, 5.41) is 16.7. The van der Waals surface area contributed by atoms with E-state index in [-0.39, 0.29) is 18.9 Å². The van der Waals surface area contributed by atoms with E-state index in [1.807, 2.05) is 37.5 Å². The number of anilines is 1. The molecule has 0 aliphatic heterocycles. The fourth-order valence-corrected chi connectivity index (χ4v) is 3.10. The summed E-state index contributed by atoms with van der Waals surface area (Å²) >= 11 is 0. The summed E-state index contributed by atoms with van der Waals surface area (Å²) in [5.74, 6) is -1.44. The maximum Gasteiger partial charge on any atom is 0.308 e. The normalized spacial score (nSPS) is 12.1. The van der Waals surface area contributed by atoms with Gasteiger partial charge in [0.2, 0.25) is 5.91 Å². The van der Waals surface area contributed by atoms with E-state index in [2.05, 4.69) is 10.4 Å². The van der Waals surface area contributed by atoms with Crippen molar-refractivity contribution in [1.29, 1.82) is 0 Å². The topological polar surface area (TPSA) is 96.7 Å². The third kappa shape index (κ3) is 5.56. The molecule has 0 saturated carbocycles. The van der Waals surface area contributed by atoms with Crippen LogP contribution in [0.5, 0.6) is 5.75 Å². The first-order valence-electron chi connectivity index (χ1n) is 9.05. The molecule has 0 radical (unpaired) electrons. The second-order valence-electron chi connectivity index (χ2n) is 6.99. The number of methoxy groups -OCH3 is 1. The van der Waals surface area contributed by atoms with E-state index in [0.717, 1.165) is 17.0 Å². The molecule has 2 aromatic rings. The van der Waals surface area contributed by atoms with E-state index < -0.39 is 11.9 Å². The van der Waals surface area contributed by atoms with Gasteiger partial charge in [-0.3, -0.25) is 14.3 Å². The SMILES string of the molecule is COc1ccc(NC(=O)C[C@H](CN(C)Cc2c(C)nn(C)c2C)C(=O)O)cc1. The minimum atomic E-state index is -0.989. The van der Waals surface area contributed by atoms with Crippen molar-refractivity contribution < 1.29 is 19.4 Å². The highest BCUT2D eigenvalue weighted by atomic mass is 16.5. The number of benzene rings is 1. The maximum atomic E-state index is 12.3. The van der Waals surface area contributed by atoms with Gasteiger partial charge in [-0.2, -0.15) is 5.10 Å². The number of hydrogen-bond acceptors (Lipinski definition) is 5. The van der Waals surface area contributed by atoms with Crippen molar-refractivity contribution in [3.05, 3.63) is 41.2 Å². The highest BCUT2D eigenvalue weighted by Crippen LogP contribution is 2.18. The molecular weight excluding hydrogens is 360 g/mol. The molecule has 28 heavy (non-hydrogen) atoms. The Kier molecular flexibility index (Phi) is 7.17. The van der Waals surface area contributed by atoms with Gasteiger partial charge in [-0.1, -0.05) is 0 Å². The van der Waals surface area contributed by atoms with Crippen LogP contribution in [-0.4, -0.2) is 52.4 Å². The summed E-state index contributed by atoms with van der Waals surface area (Å²) in [4.78, 5) is 25.9. The molecule has 1 heterocycles. The van der Waals surface area contributed by atoms with Gasteiger partial charge in [0.05, 0.1) is 18.7 Å². The van der Waals surface area contributed by atoms with Crippen LogP contribution in [0.15, 0.2) is 24.3 Å². The number of carboxylic acid groups (broad SMARTS) is 1. The lowest BCUT2D eigenvalue weighted by molar-refractivity contribution is -0.144. The molecule has 0 fully saturated rings. The fourth-order valence-electron chi connectivity index (χ4n) is 3.10. The minimum absolute atomic E-state index is 0.100. The van der Waals surface area contributed by atoms with Gasteiger partial charge in [-0.15, -0.1) is 0 Å². The molecule has 1 atom stereocenters. The van der Waals surface area contributed by atoms with Crippen LogP contribution >= 0.6 is 0 Å². The molecule has 2 N–H and O–H groups in total. The summed E-state index contributed by atoms with van der Waals surface area (Å²) in [6.45, 7) is 4.77. The number of amides is 1. The van der Waals surface area contributed by atoms with Gasteiger partial charge in [0.25, 0.3) is 0 Å². The number of aliphatic carboxylic acids is 1. The van der Waals surface area contributed by atoms with Gasteiger partial charge >= 0.3 is 5.97 Å². The van der Waals surface area contributed by atoms with Crippen LogP contribution in [0.1, 0.15) is 23.4 Å². The lowest BCUT2D eigenvalue weighted by Gasteiger charge is -2.21. The third-order valence-electron chi connectivity index (χ3n) is 4.77. The van der Waals surface area contributed by atoms with Crippen molar-refractivity contribution in [2.24, 2.45) is 13.0 Å². The molecule has 0 unspecified atom stereocenters. The van der Waals surface area contributed by atoms with Crippen molar-refractivity contribution in [2.45, 2.75) is 26.8 Å². The summed E-state index contributed by atoms with van der Waals surface area (Å²) < 4.78 is 6.89. The predicted molar refractivity (Wildman–Crippen MR) is 106 cm³/mol. The van der Waals surface area contributed by atoms with Crippen molar-refractivity contribution in [3.8, 4) is 5.75 Å². The van der Waals surface area contributed by atoms with Crippen LogP contribution in [0.3, 0.4) is 0 Å². The number of aryl methyl sites for hydroxylation is 2. The number of nitrogens with zero attached hydrogens (tertiary/aromatic N) is 3. The first-order chi connectivity index (χ1) is 13.2. The van der Waals surface area contributed by atoms with Crippen molar-refractivity contribution in [1.82, 2.24) is 14.7 Å². The number of carboxylic acids is 1. The van der Waals surface area contributed by atoms with Gasteiger partial charge in [0.1, 0.15) is 5.75 Å². The Hall–Kier alpha value is -2.87. The lowest BCUT2D eigenvalue weighted by atomic mass is 10.0. The number of rotatable bonds is 9. The molecule has 0 saturated heterocycles. The predicted octanol–water partition coefficient (Wildman–Crippen LogP) is 2.21. The molecule has 1 aromatic carbocycles. The van der Waals surface area contributed by atoms with Crippen molar-refractivity contribution >= 4 is 17.6 Å². The first-order valence-corrected chi connectivity index (χ1v) is 9.05. The number of nitrogens with one attached hydrogen (secondary N) is 1. The largest absolute Gasteiger partial charge is 0.497 e. The van der Waals surface area contributed by atoms with E-state index >= 15 is 0 Å². The van der Waals surface area contributed by atoms with Crippen LogP contribution in [0.4, 0.5) is 5.69 Å². The molecular formula is C20H28N4O4. The second kappa shape index (κ2) is 9.36. The smallest absolute Gasteiger partial charge is 0.308 e. The zero-order chi connectivity index (χ0) is 20.8. The Morgan fingerprint density at radius 1 is 1.29 bits per heavy atom. The number of ether oxygens (including phenoxy) is 1. The van der Waals surface area contributed by atoms with E-state index in [1.165, 1.54) is 0 Å². The van der Waals surface area contributed by atoms with E-state index in [0.29, 0.717) is 18.0 Å². The molecule has 0 bridgehead atoms. The van der Waals surface area contributed by atoms with Gasteiger partial charge in [-0.25, -0.2) is 0 Å². The van der Waals surface area contributed by atoms with Crippen molar-refractivity contribution in [2.75, 3.05) is 26.0 Å². The average Bonchev–Trinajstić information content (AvgIpc) is 2.87. The Morgan fingerprint density at radius 2 is 1.93 bits per heavy atom. The minimum Gasteiger partial charge on any atom is -0.497 e. The van der Waals surface area contributed by atoms with Crippen LogP contribution in [0, 0.1) is 19.8 Å². The first kappa shape index (κ1) is 21.4. The summed E-state index contributed by atoms with van der Waals surface area (Å²) in [6.07, 6.45) is -0.100. The highest BCUT2D eigenvalue weighted by molar-refractivity contribution is 5.93. The molecule has 0 aliphatic rings. The van der Waals surface area contributed by atoms with Crippen LogP contribution in [0.25, 0.3) is 0 Å². The molecule has 2 rings (SSSR count). The molecule has 8 heteroatoms. The Morgan fingerprint density at radius 3 is 2.43 bits per heavy atom. The monoisotopic (exact) mass is 388 g/mol. The number of carbonyl (C=O) groups is 2. The van der Waals surface area contributed by atoms with Crippen LogP contribution < -0.4 is 10.1 Å². The van der Waals surface area contributed by atoms with Gasteiger partial charge < -0.3 is 20.1 Å². The van der Waals surface area contributed by atoms with Crippen molar-refractivity contribution in [3.63, 3.8) is 0 Å². The number of carbonyl (C=O) groups excluding carboxylic acids is 1. The maximum absolute atomic E-state index is 12.3. The number of hydrogen-bond donors (Lipinski definition) is 2. The molecule has 152 valence electrons. The molecule has 8 nitrogen and oxygen atoms in total. The highest BCUT2D eigenvalue weighted by Gasteiger charge is 2.24. The van der Waals surface area contributed by atoms with E-state index in [1.54, 1.807) is 31.4 Å². The fraction of sp³-hybridized carbons (Fsp3) is 0.450. The Labute approximate surface area is 165 Å². The van der Waals surface area contributed by atoms with E-state index in [9.17, 15) is 14.7 Å². The van der Waals surface area contributed by atoms with Gasteiger partial charge in [-0.05, 0) is 45.2 Å². The number of aromatic nitrogens is 2. The lowest BCUT2D eigenvalue weighted by Crippen LogP contribution is -2.33. The van der Waals surface area contributed by atoms with Crippen LogP contribution in [0.2, 0.25) is 0 Å². The van der Waals surface area contributed by atoms with Gasteiger partial charge in [0, 0.05) is 43.5 Å². The second-order valence-corrected chi connectivity index (χ2v) is 6.99. The standard InChI is InChI=1S/C20H28N4O4/c1-13-18(14(2)24(4)22-13)12-23(3)11-15(20(26)27)10-19(25)21-16-6-8-17(28-5)9-7-16/h6-9,15H,10-12H2,1-5H3,(H,21,25)(H,26,27)/t15-/m1/s1. The molecule has 1 amide bonds. The molecule has 1 aromatic heterocycles. The zero-order valence-corrected chi connectivity index (χ0v) is 17.0.